The number of fused-ring (bicyclic) bond motifs is 1. The molecule has 2 amide bonds. The Hall–Kier alpha value is -2.91. The number of piperidine rings is 1. The van der Waals surface area contributed by atoms with E-state index in [1.165, 1.54) is 12.3 Å². The first-order valence-corrected chi connectivity index (χ1v) is 10.3. The van der Waals surface area contributed by atoms with Crippen LogP contribution in [0.25, 0.3) is 11.2 Å². The molecule has 1 aliphatic heterocycles. The number of alkyl halides is 3. The number of aromatic nitrogens is 3. The van der Waals surface area contributed by atoms with Crippen molar-refractivity contribution in [2.24, 2.45) is 5.92 Å². The fourth-order valence-electron chi connectivity index (χ4n) is 3.98. The first-order valence-electron chi connectivity index (χ1n) is 10.3. The summed E-state index contributed by atoms with van der Waals surface area (Å²) in [4.78, 5) is 37.9. The highest BCUT2D eigenvalue weighted by Gasteiger charge is 2.28. The molecule has 168 valence electrons. The van der Waals surface area contributed by atoms with E-state index < -0.39 is 18.5 Å². The van der Waals surface area contributed by atoms with Gasteiger partial charge in [0.1, 0.15) is 5.52 Å². The molecule has 31 heavy (non-hydrogen) atoms. The van der Waals surface area contributed by atoms with Gasteiger partial charge in [-0.15, -0.1) is 0 Å². The maximum Gasteiger partial charge on any atom is 0.389 e. The van der Waals surface area contributed by atoms with Crippen molar-refractivity contribution in [3.8, 4) is 0 Å². The third-order valence-corrected chi connectivity index (χ3v) is 5.54. The smallest absolute Gasteiger partial charge is 0.352 e. The summed E-state index contributed by atoms with van der Waals surface area (Å²) in [5.41, 5.74) is 1.84. The topological polar surface area (TPSA) is 91.0 Å². The molecule has 1 fully saturated rings. The van der Waals surface area contributed by atoms with Crippen LogP contribution < -0.4 is 5.32 Å². The number of hydrogen-bond donors (Lipinski definition) is 2. The first kappa shape index (κ1) is 22.8. The van der Waals surface area contributed by atoms with Crippen molar-refractivity contribution in [1.82, 2.24) is 25.2 Å². The zero-order valence-corrected chi connectivity index (χ0v) is 17.3. The van der Waals surface area contributed by atoms with E-state index in [0.29, 0.717) is 30.0 Å². The molecule has 2 N–H and O–H groups in total. The number of carbonyl (C=O) groups is 2. The van der Waals surface area contributed by atoms with Crippen LogP contribution in [0, 0.1) is 5.92 Å². The summed E-state index contributed by atoms with van der Waals surface area (Å²) >= 11 is 0. The third-order valence-electron chi connectivity index (χ3n) is 5.54. The van der Waals surface area contributed by atoms with Gasteiger partial charge in [-0.3, -0.25) is 9.59 Å². The molecular formula is C21H26F3N5O2. The van der Waals surface area contributed by atoms with Crippen LogP contribution in [0.15, 0.2) is 25.0 Å². The van der Waals surface area contributed by atoms with Gasteiger partial charge in [-0.05, 0) is 44.6 Å². The van der Waals surface area contributed by atoms with Gasteiger partial charge in [0.2, 0.25) is 5.91 Å². The minimum absolute atomic E-state index is 0.0645. The summed E-state index contributed by atoms with van der Waals surface area (Å²) in [5, 5.41) is 2.51. The highest BCUT2D eigenvalue weighted by molar-refractivity contribution is 6.04. The van der Waals surface area contributed by atoms with E-state index in [-0.39, 0.29) is 30.5 Å². The number of nitrogens with one attached hydrogen (secondary N) is 2. The first-order chi connectivity index (χ1) is 14.7. The summed E-state index contributed by atoms with van der Waals surface area (Å²) in [6.45, 7) is 6.14. The Morgan fingerprint density at radius 1 is 1.42 bits per heavy atom. The lowest BCUT2D eigenvalue weighted by Crippen LogP contribution is -2.44. The van der Waals surface area contributed by atoms with Gasteiger partial charge in [-0.25, -0.2) is 9.97 Å². The predicted octanol–water partition coefficient (Wildman–Crippen LogP) is 3.39. The van der Waals surface area contributed by atoms with E-state index in [4.69, 9.17) is 0 Å². The lowest BCUT2D eigenvalue weighted by Gasteiger charge is -2.37. The Bertz CT molecular complexity index is 956. The number of carbonyl (C=O) groups excluding carboxylic acids is 2. The number of nitrogens with zero attached hydrogens (tertiary/aromatic N) is 3. The zero-order chi connectivity index (χ0) is 22.6. The van der Waals surface area contributed by atoms with Crippen molar-refractivity contribution in [3.05, 3.63) is 36.3 Å². The molecule has 1 aliphatic rings. The van der Waals surface area contributed by atoms with E-state index in [1.54, 1.807) is 6.20 Å². The predicted molar refractivity (Wildman–Crippen MR) is 109 cm³/mol. The zero-order valence-electron chi connectivity index (χ0n) is 17.3. The molecule has 0 aliphatic carbocycles. The van der Waals surface area contributed by atoms with Gasteiger partial charge < -0.3 is 15.2 Å². The normalized spacial score (nSPS) is 19.4. The molecule has 3 heterocycles. The summed E-state index contributed by atoms with van der Waals surface area (Å²) in [7, 11) is 0. The number of halogens is 3. The van der Waals surface area contributed by atoms with E-state index in [2.05, 4.69) is 26.8 Å². The van der Waals surface area contributed by atoms with Crippen LogP contribution in [-0.4, -0.2) is 57.0 Å². The monoisotopic (exact) mass is 437 g/mol. The summed E-state index contributed by atoms with van der Waals surface area (Å²) in [6.07, 6.45) is 1.44. The van der Waals surface area contributed by atoms with Crippen molar-refractivity contribution in [2.45, 2.75) is 51.2 Å². The number of rotatable bonds is 7. The second-order valence-electron chi connectivity index (χ2n) is 7.91. The van der Waals surface area contributed by atoms with Crippen LogP contribution in [0.3, 0.4) is 0 Å². The molecular weight excluding hydrogens is 411 g/mol. The van der Waals surface area contributed by atoms with Gasteiger partial charge in [0, 0.05) is 31.7 Å². The number of aromatic amines is 1. The molecule has 0 spiro atoms. The lowest BCUT2D eigenvalue weighted by molar-refractivity contribution is -0.135. The highest BCUT2D eigenvalue weighted by Crippen LogP contribution is 2.26. The SMILES string of the molecule is C=CC(=O)N1CCC(Cc2cnc3[nH]cc(C(=O)NCCCC(F)(F)F)c3n2)CC1C. The second kappa shape index (κ2) is 9.49. The van der Waals surface area contributed by atoms with Gasteiger partial charge in [-0.1, -0.05) is 6.58 Å². The molecule has 2 unspecified atom stereocenters. The Balaban J connectivity index is 1.63. The average Bonchev–Trinajstić information content (AvgIpc) is 3.13. The minimum atomic E-state index is -4.24. The van der Waals surface area contributed by atoms with Crippen molar-refractivity contribution in [3.63, 3.8) is 0 Å². The lowest BCUT2D eigenvalue weighted by atomic mass is 9.88. The second-order valence-corrected chi connectivity index (χ2v) is 7.91. The fourth-order valence-corrected chi connectivity index (χ4v) is 3.98. The fraction of sp³-hybridized carbons (Fsp3) is 0.524. The van der Waals surface area contributed by atoms with Crippen LogP contribution in [0.5, 0.6) is 0 Å². The van der Waals surface area contributed by atoms with Crippen LogP contribution in [-0.2, 0) is 11.2 Å². The molecule has 3 rings (SSSR count). The van der Waals surface area contributed by atoms with E-state index >= 15 is 0 Å². The quantitative estimate of drug-likeness (QED) is 0.513. The van der Waals surface area contributed by atoms with Crippen molar-refractivity contribution in [1.29, 1.82) is 0 Å². The number of amides is 2. The minimum Gasteiger partial charge on any atom is -0.352 e. The molecule has 1 saturated heterocycles. The van der Waals surface area contributed by atoms with Gasteiger partial charge in [0.05, 0.1) is 17.5 Å². The maximum absolute atomic E-state index is 12.4. The Labute approximate surface area is 178 Å². The molecule has 0 aromatic carbocycles. The Morgan fingerprint density at radius 3 is 2.87 bits per heavy atom. The molecule has 2 atom stereocenters. The van der Waals surface area contributed by atoms with Crippen molar-refractivity contribution in [2.75, 3.05) is 13.1 Å². The Morgan fingerprint density at radius 2 is 2.19 bits per heavy atom. The number of likely N-dealkylation sites (tertiary alicyclic amines) is 1. The van der Waals surface area contributed by atoms with E-state index in [0.717, 1.165) is 18.5 Å². The van der Waals surface area contributed by atoms with Gasteiger partial charge in [-0.2, -0.15) is 13.2 Å². The standard InChI is InChI=1S/C21H26F3N5O2/c1-3-17(30)29-8-5-14(9-13(29)2)10-15-11-26-19-18(28-15)16(12-27-19)20(31)25-7-4-6-21(22,23)24/h3,11-14H,1,4-10H2,2H3,(H,25,31)(H,26,27). The highest BCUT2D eigenvalue weighted by atomic mass is 19.4. The molecule has 0 bridgehead atoms. The summed E-state index contributed by atoms with van der Waals surface area (Å²) < 4.78 is 36.7. The van der Waals surface area contributed by atoms with E-state index in [9.17, 15) is 22.8 Å². The van der Waals surface area contributed by atoms with Crippen LogP contribution in [0.2, 0.25) is 0 Å². The Kier molecular flexibility index (Phi) is 6.97. The molecule has 0 radical (unpaired) electrons. The van der Waals surface area contributed by atoms with Gasteiger partial charge >= 0.3 is 6.18 Å². The summed E-state index contributed by atoms with van der Waals surface area (Å²) in [5.74, 6) is -0.218. The van der Waals surface area contributed by atoms with Crippen molar-refractivity contribution >= 4 is 23.0 Å². The maximum atomic E-state index is 12.4. The van der Waals surface area contributed by atoms with Gasteiger partial charge in [0.15, 0.2) is 5.65 Å². The molecule has 0 saturated carbocycles. The average molecular weight is 437 g/mol. The van der Waals surface area contributed by atoms with E-state index in [1.807, 2.05) is 11.8 Å². The molecule has 10 heteroatoms. The third kappa shape index (κ3) is 5.83. The largest absolute Gasteiger partial charge is 0.389 e. The van der Waals surface area contributed by atoms with Gasteiger partial charge in [0.25, 0.3) is 5.91 Å². The molecule has 7 nitrogen and oxygen atoms in total. The van der Waals surface area contributed by atoms with Crippen LogP contribution in [0.1, 0.15) is 48.7 Å². The van der Waals surface area contributed by atoms with Crippen LogP contribution in [0.4, 0.5) is 13.2 Å². The van der Waals surface area contributed by atoms with Crippen molar-refractivity contribution < 1.29 is 22.8 Å². The number of hydrogen-bond acceptors (Lipinski definition) is 4. The summed E-state index contributed by atoms with van der Waals surface area (Å²) in [6, 6.07) is 0.103. The van der Waals surface area contributed by atoms with Crippen LogP contribution >= 0.6 is 0 Å². The number of H-pyrrole nitrogens is 1. The molecule has 2 aromatic rings. The molecule has 2 aromatic heterocycles.